The normalized spacial score (nSPS) is 23.1. The summed E-state index contributed by atoms with van der Waals surface area (Å²) in [5.74, 6) is 0.167. The van der Waals surface area contributed by atoms with E-state index in [1.165, 1.54) is 0 Å². The van der Waals surface area contributed by atoms with E-state index in [4.69, 9.17) is 0 Å². The van der Waals surface area contributed by atoms with E-state index in [-0.39, 0.29) is 11.8 Å². The van der Waals surface area contributed by atoms with E-state index in [2.05, 4.69) is 4.90 Å². The van der Waals surface area contributed by atoms with E-state index in [0.29, 0.717) is 6.54 Å². The summed E-state index contributed by atoms with van der Waals surface area (Å²) in [5, 5.41) is 0. The van der Waals surface area contributed by atoms with Crippen LogP contribution in [0.25, 0.3) is 0 Å². The van der Waals surface area contributed by atoms with Crippen molar-refractivity contribution in [3.63, 3.8) is 0 Å². The Labute approximate surface area is 109 Å². The van der Waals surface area contributed by atoms with Crippen molar-refractivity contribution in [2.45, 2.75) is 13.0 Å². The predicted octanol–water partition coefficient (Wildman–Crippen LogP) is 1.32. The second kappa shape index (κ2) is 5.38. The maximum absolute atomic E-state index is 12.2. The minimum atomic E-state index is -3.14. The van der Waals surface area contributed by atoms with Crippen LogP contribution in [0.2, 0.25) is 0 Å². The molecule has 1 aliphatic heterocycles. The van der Waals surface area contributed by atoms with Crippen LogP contribution >= 0.6 is 0 Å². The molecule has 0 aliphatic carbocycles. The van der Waals surface area contributed by atoms with Gasteiger partial charge in [-0.05, 0) is 19.5 Å². The maximum atomic E-state index is 12.2. The molecule has 0 aromatic heterocycles. The average molecular weight is 268 g/mol. The summed E-state index contributed by atoms with van der Waals surface area (Å²) in [6, 6.07) is 9.81. The van der Waals surface area contributed by atoms with Crippen LogP contribution in [0.1, 0.15) is 18.5 Å². The van der Waals surface area contributed by atoms with Gasteiger partial charge in [0.1, 0.15) is 0 Å². The number of rotatable bonds is 3. The van der Waals surface area contributed by atoms with E-state index in [1.807, 2.05) is 37.4 Å². The van der Waals surface area contributed by atoms with Gasteiger partial charge in [-0.1, -0.05) is 30.3 Å². The lowest BCUT2D eigenvalue weighted by molar-refractivity contribution is 0.161. The van der Waals surface area contributed by atoms with E-state index in [9.17, 15) is 8.42 Å². The Hall–Kier alpha value is -0.910. The fourth-order valence-corrected chi connectivity index (χ4v) is 3.62. The van der Waals surface area contributed by atoms with Crippen LogP contribution in [-0.2, 0) is 10.0 Å². The van der Waals surface area contributed by atoms with Gasteiger partial charge in [0.25, 0.3) is 0 Å². The van der Waals surface area contributed by atoms with Crippen LogP contribution in [0, 0.1) is 0 Å². The topological polar surface area (TPSA) is 40.6 Å². The quantitative estimate of drug-likeness (QED) is 0.830. The summed E-state index contributed by atoms with van der Waals surface area (Å²) in [5.41, 5.74) is 1.07. The van der Waals surface area contributed by atoms with Crippen LogP contribution in [0.4, 0.5) is 0 Å². The second-order valence-electron chi connectivity index (χ2n) is 4.70. The van der Waals surface area contributed by atoms with Crippen LogP contribution in [-0.4, -0.2) is 50.1 Å². The lowest BCUT2D eigenvalue weighted by Crippen LogP contribution is -2.49. The van der Waals surface area contributed by atoms with Gasteiger partial charge in [-0.25, -0.2) is 8.42 Å². The molecular formula is C13H20N2O2S. The van der Waals surface area contributed by atoms with E-state index >= 15 is 0 Å². The zero-order valence-electron chi connectivity index (χ0n) is 10.9. The van der Waals surface area contributed by atoms with Crippen molar-refractivity contribution in [2.75, 3.05) is 32.4 Å². The molecule has 0 saturated carbocycles. The summed E-state index contributed by atoms with van der Waals surface area (Å²) in [7, 11) is -1.10. The smallest absolute Gasteiger partial charge is 0.214 e. The van der Waals surface area contributed by atoms with Gasteiger partial charge in [0, 0.05) is 19.6 Å². The number of piperazine rings is 1. The molecule has 0 spiro atoms. The Morgan fingerprint density at radius 3 is 2.50 bits per heavy atom. The zero-order valence-corrected chi connectivity index (χ0v) is 11.7. The van der Waals surface area contributed by atoms with Gasteiger partial charge >= 0.3 is 0 Å². The highest BCUT2D eigenvalue weighted by molar-refractivity contribution is 7.89. The molecule has 1 fully saturated rings. The largest absolute Gasteiger partial charge is 0.303 e. The first-order valence-corrected chi connectivity index (χ1v) is 7.88. The molecule has 5 heteroatoms. The first-order chi connectivity index (χ1) is 8.54. The minimum Gasteiger partial charge on any atom is -0.303 e. The number of sulfonamides is 1. The van der Waals surface area contributed by atoms with Gasteiger partial charge in [0.05, 0.1) is 11.8 Å². The molecule has 0 N–H and O–H groups in total. The number of hydrogen-bond acceptors (Lipinski definition) is 3. The van der Waals surface area contributed by atoms with Crippen molar-refractivity contribution in [1.29, 1.82) is 0 Å². The highest BCUT2D eigenvalue weighted by Crippen LogP contribution is 2.27. The third-order valence-corrected chi connectivity index (χ3v) is 5.32. The molecule has 1 aromatic rings. The zero-order chi connectivity index (χ0) is 13.2. The third kappa shape index (κ3) is 2.74. The molecule has 1 atom stereocenters. The van der Waals surface area contributed by atoms with E-state index in [1.54, 1.807) is 11.2 Å². The van der Waals surface area contributed by atoms with E-state index < -0.39 is 10.0 Å². The molecule has 0 amide bonds. The van der Waals surface area contributed by atoms with Crippen LogP contribution < -0.4 is 0 Å². The molecular weight excluding hydrogens is 248 g/mol. The van der Waals surface area contributed by atoms with Crippen LogP contribution in [0.3, 0.4) is 0 Å². The first kappa shape index (κ1) is 13.5. The molecule has 1 aromatic carbocycles. The fraction of sp³-hybridized carbons (Fsp3) is 0.538. The standard InChI is InChI=1S/C13H20N2O2S/c1-3-18(16,17)15-10-9-14(2)11-13(15)12-7-5-4-6-8-12/h4-8,13H,3,9-11H2,1-2H3. The van der Waals surface area contributed by atoms with Crippen molar-refractivity contribution >= 4 is 10.0 Å². The molecule has 1 unspecified atom stereocenters. The maximum Gasteiger partial charge on any atom is 0.214 e. The number of hydrogen-bond donors (Lipinski definition) is 0. The third-order valence-electron chi connectivity index (χ3n) is 3.44. The second-order valence-corrected chi connectivity index (χ2v) is 6.91. The van der Waals surface area contributed by atoms with Crippen LogP contribution in [0.5, 0.6) is 0 Å². The highest BCUT2D eigenvalue weighted by atomic mass is 32.2. The highest BCUT2D eigenvalue weighted by Gasteiger charge is 2.33. The first-order valence-electron chi connectivity index (χ1n) is 6.27. The van der Waals surface area contributed by atoms with Crippen molar-refractivity contribution in [3.8, 4) is 0 Å². The summed E-state index contributed by atoms with van der Waals surface area (Å²) in [6.07, 6.45) is 0. The van der Waals surface area contributed by atoms with Crippen molar-refractivity contribution in [2.24, 2.45) is 0 Å². The molecule has 0 radical (unpaired) electrons. The minimum absolute atomic E-state index is 0.0603. The van der Waals surface area contributed by atoms with Gasteiger partial charge in [0.15, 0.2) is 0 Å². The lowest BCUT2D eigenvalue weighted by Gasteiger charge is -2.39. The predicted molar refractivity (Wildman–Crippen MR) is 72.8 cm³/mol. The van der Waals surface area contributed by atoms with Gasteiger partial charge in [0.2, 0.25) is 10.0 Å². The molecule has 1 saturated heterocycles. The van der Waals surface area contributed by atoms with Crippen molar-refractivity contribution in [3.05, 3.63) is 35.9 Å². The molecule has 4 nitrogen and oxygen atoms in total. The molecule has 1 aliphatic rings. The SMILES string of the molecule is CCS(=O)(=O)N1CCN(C)CC1c1ccccc1. The number of benzene rings is 1. The fourth-order valence-electron chi connectivity index (χ4n) is 2.35. The molecule has 0 bridgehead atoms. The molecule has 1 heterocycles. The molecule has 2 rings (SSSR count). The molecule has 100 valence electrons. The van der Waals surface area contributed by atoms with Gasteiger partial charge in [-0.2, -0.15) is 4.31 Å². The number of likely N-dealkylation sites (N-methyl/N-ethyl adjacent to an activating group) is 1. The summed E-state index contributed by atoms with van der Waals surface area (Å²) in [4.78, 5) is 2.18. The Bertz CT molecular complexity index is 487. The van der Waals surface area contributed by atoms with Gasteiger partial charge in [-0.3, -0.25) is 0 Å². The summed E-state index contributed by atoms with van der Waals surface area (Å²) < 4.78 is 26.0. The summed E-state index contributed by atoms with van der Waals surface area (Å²) in [6.45, 7) is 3.83. The Balaban J connectivity index is 2.33. The van der Waals surface area contributed by atoms with Crippen molar-refractivity contribution in [1.82, 2.24) is 9.21 Å². The Kier molecular flexibility index (Phi) is 4.04. The van der Waals surface area contributed by atoms with E-state index in [0.717, 1.165) is 18.7 Å². The number of nitrogens with zero attached hydrogens (tertiary/aromatic N) is 2. The van der Waals surface area contributed by atoms with Gasteiger partial charge in [-0.15, -0.1) is 0 Å². The lowest BCUT2D eigenvalue weighted by atomic mass is 10.1. The van der Waals surface area contributed by atoms with Crippen LogP contribution in [0.15, 0.2) is 30.3 Å². The Morgan fingerprint density at radius 1 is 1.22 bits per heavy atom. The molecule has 18 heavy (non-hydrogen) atoms. The van der Waals surface area contributed by atoms with Gasteiger partial charge < -0.3 is 4.90 Å². The monoisotopic (exact) mass is 268 g/mol. The average Bonchev–Trinajstić information content (AvgIpc) is 2.39. The summed E-state index contributed by atoms with van der Waals surface area (Å²) >= 11 is 0. The Morgan fingerprint density at radius 2 is 1.89 bits per heavy atom. The van der Waals surface area contributed by atoms with Crippen molar-refractivity contribution < 1.29 is 8.42 Å².